The fourth-order valence-corrected chi connectivity index (χ4v) is 2.39. The Balaban J connectivity index is 2.14. The van der Waals surface area contributed by atoms with Crippen molar-refractivity contribution in [2.24, 2.45) is 7.05 Å². The summed E-state index contributed by atoms with van der Waals surface area (Å²) in [6, 6.07) is 12.4. The number of hydrogen-bond donors (Lipinski definition) is 1. The van der Waals surface area contributed by atoms with Gasteiger partial charge in [-0.2, -0.15) is 5.26 Å². The molecule has 92 valence electrons. The number of nitrogens with one attached hydrogen (secondary N) is 1. The fourth-order valence-electron chi connectivity index (χ4n) is 1.84. The topological polar surface area (TPSA) is 40.8 Å². The van der Waals surface area contributed by atoms with Gasteiger partial charge in [-0.15, -0.1) is 0 Å². The molecule has 1 aromatic heterocycles. The molecule has 0 bridgehead atoms. The molecule has 0 atom stereocenters. The van der Waals surface area contributed by atoms with Crippen molar-refractivity contribution in [3.05, 3.63) is 50.9 Å². The Kier molecular flexibility index (Phi) is 3.92. The number of nitrogens with zero attached hydrogens (tertiary/aromatic N) is 2. The van der Waals surface area contributed by atoms with E-state index < -0.39 is 0 Å². The highest BCUT2D eigenvalue weighted by atomic mass is 127. The molecule has 1 aromatic carbocycles. The Labute approximate surface area is 121 Å². The molecule has 0 aliphatic rings. The molecular formula is C14H14IN3. The third kappa shape index (κ3) is 2.67. The molecule has 0 aliphatic heterocycles. The van der Waals surface area contributed by atoms with Gasteiger partial charge in [0.15, 0.2) is 0 Å². The van der Waals surface area contributed by atoms with E-state index in [1.165, 1.54) is 3.57 Å². The minimum absolute atomic E-state index is 0.701. The lowest BCUT2D eigenvalue weighted by molar-refractivity contribution is 0.856. The van der Waals surface area contributed by atoms with Gasteiger partial charge in [0.25, 0.3) is 0 Å². The minimum atomic E-state index is 0.701. The molecule has 2 aromatic rings. The average Bonchev–Trinajstić information content (AvgIpc) is 2.64. The molecule has 0 amide bonds. The van der Waals surface area contributed by atoms with Crippen LogP contribution in [0.15, 0.2) is 30.3 Å². The number of benzene rings is 1. The number of nitriles is 1. The van der Waals surface area contributed by atoms with Gasteiger partial charge in [-0.05, 0) is 59.3 Å². The quantitative estimate of drug-likeness (QED) is 0.861. The Bertz CT molecular complexity index is 608. The van der Waals surface area contributed by atoms with E-state index in [-0.39, 0.29) is 0 Å². The van der Waals surface area contributed by atoms with E-state index in [1.54, 1.807) is 0 Å². The molecule has 3 nitrogen and oxygen atoms in total. The molecule has 0 spiro atoms. The van der Waals surface area contributed by atoms with E-state index in [2.05, 4.69) is 46.1 Å². The summed E-state index contributed by atoms with van der Waals surface area (Å²) in [6.07, 6.45) is 0. The normalized spacial score (nSPS) is 10.1. The molecule has 0 radical (unpaired) electrons. The second-order valence-electron chi connectivity index (χ2n) is 4.17. The molecule has 1 heterocycles. The monoisotopic (exact) mass is 351 g/mol. The average molecular weight is 351 g/mol. The first-order valence-electron chi connectivity index (χ1n) is 5.66. The van der Waals surface area contributed by atoms with E-state index in [1.807, 2.05) is 36.7 Å². The Hall–Kier alpha value is -1.48. The van der Waals surface area contributed by atoms with Gasteiger partial charge in [-0.25, -0.2) is 0 Å². The SMILES string of the molecule is Cc1c(CNc2cccc(I)c2)cc(C#N)n1C. The van der Waals surface area contributed by atoms with Crippen LogP contribution in [0.1, 0.15) is 17.0 Å². The molecule has 0 saturated carbocycles. The number of halogens is 1. The van der Waals surface area contributed by atoms with Crippen LogP contribution in [0.25, 0.3) is 0 Å². The predicted molar refractivity (Wildman–Crippen MR) is 81.4 cm³/mol. The van der Waals surface area contributed by atoms with Gasteiger partial charge in [0.05, 0.1) is 0 Å². The van der Waals surface area contributed by atoms with Crippen LogP contribution in [-0.4, -0.2) is 4.57 Å². The molecule has 0 fully saturated rings. The van der Waals surface area contributed by atoms with Crippen molar-refractivity contribution in [1.82, 2.24) is 4.57 Å². The van der Waals surface area contributed by atoms with Crippen molar-refractivity contribution in [1.29, 1.82) is 5.26 Å². The Morgan fingerprint density at radius 2 is 2.17 bits per heavy atom. The summed E-state index contributed by atoms with van der Waals surface area (Å²) in [5, 5.41) is 12.4. The van der Waals surface area contributed by atoms with Crippen molar-refractivity contribution in [3.8, 4) is 6.07 Å². The van der Waals surface area contributed by atoms with Gasteiger partial charge in [0.1, 0.15) is 11.8 Å². The predicted octanol–water partition coefficient (Wildman–Crippen LogP) is 3.42. The lowest BCUT2D eigenvalue weighted by Gasteiger charge is -2.07. The smallest absolute Gasteiger partial charge is 0.120 e. The molecule has 0 aliphatic carbocycles. The zero-order valence-corrected chi connectivity index (χ0v) is 12.5. The Morgan fingerprint density at radius 1 is 1.39 bits per heavy atom. The number of hydrogen-bond acceptors (Lipinski definition) is 2. The van der Waals surface area contributed by atoms with Gasteiger partial charge in [0.2, 0.25) is 0 Å². The van der Waals surface area contributed by atoms with Gasteiger partial charge in [-0.3, -0.25) is 0 Å². The summed E-state index contributed by atoms with van der Waals surface area (Å²) in [5.74, 6) is 0. The third-order valence-corrected chi connectivity index (χ3v) is 3.73. The zero-order chi connectivity index (χ0) is 13.1. The highest BCUT2D eigenvalue weighted by molar-refractivity contribution is 14.1. The summed E-state index contributed by atoms with van der Waals surface area (Å²) in [5.41, 5.74) is 4.09. The van der Waals surface area contributed by atoms with Crippen molar-refractivity contribution < 1.29 is 0 Å². The molecule has 2 rings (SSSR count). The first kappa shape index (κ1) is 13.0. The van der Waals surface area contributed by atoms with E-state index in [9.17, 15) is 0 Å². The second-order valence-corrected chi connectivity index (χ2v) is 5.42. The summed E-state index contributed by atoms with van der Waals surface area (Å²) in [4.78, 5) is 0. The lowest BCUT2D eigenvalue weighted by Crippen LogP contribution is -2.01. The van der Waals surface area contributed by atoms with Crippen LogP contribution in [0.4, 0.5) is 5.69 Å². The lowest BCUT2D eigenvalue weighted by atomic mass is 10.2. The van der Waals surface area contributed by atoms with Crippen molar-refractivity contribution >= 4 is 28.3 Å². The van der Waals surface area contributed by atoms with Crippen LogP contribution in [0.5, 0.6) is 0 Å². The van der Waals surface area contributed by atoms with Crippen molar-refractivity contribution in [2.75, 3.05) is 5.32 Å². The first-order valence-corrected chi connectivity index (χ1v) is 6.74. The summed E-state index contributed by atoms with van der Waals surface area (Å²) >= 11 is 2.29. The first-order chi connectivity index (χ1) is 8.61. The van der Waals surface area contributed by atoms with Crippen LogP contribution in [0, 0.1) is 21.8 Å². The van der Waals surface area contributed by atoms with E-state index in [0.717, 1.165) is 23.5 Å². The van der Waals surface area contributed by atoms with Gasteiger partial charge >= 0.3 is 0 Å². The standard InChI is InChI=1S/C14H14IN3/c1-10-11(6-14(8-16)18(10)2)9-17-13-5-3-4-12(15)7-13/h3-7,17H,9H2,1-2H3. The maximum atomic E-state index is 8.99. The molecular weight excluding hydrogens is 337 g/mol. The van der Waals surface area contributed by atoms with Crippen LogP contribution in [0.2, 0.25) is 0 Å². The summed E-state index contributed by atoms with van der Waals surface area (Å²) in [6.45, 7) is 2.77. The molecule has 18 heavy (non-hydrogen) atoms. The largest absolute Gasteiger partial charge is 0.381 e. The fraction of sp³-hybridized carbons (Fsp3) is 0.214. The van der Waals surface area contributed by atoms with Crippen LogP contribution >= 0.6 is 22.6 Å². The molecule has 0 saturated heterocycles. The molecule has 4 heteroatoms. The summed E-state index contributed by atoms with van der Waals surface area (Å²) in [7, 11) is 1.92. The molecule has 0 unspecified atom stereocenters. The highest BCUT2D eigenvalue weighted by Gasteiger charge is 2.08. The van der Waals surface area contributed by atoms with Gasteiger partial charge in [0, 0.05) is 28.5 Å². The van der Waals surface area contributed by atoms with Crippen LogP contribution in [-0.2, 0) is 13.6 Å². The van der Waals surface area contributed by atoms with Crippen molar-refractivity contribution in [3.63, 3.8) is 0 Å². The highest BCUT2D eigenvalue weighted by Crippen LogP contribution is 2.17. The van der Waals surface area contributed by atoms with Gasteiger partial charge < -0.3 is 9.88 Å². The zero-order valence-electron chi connectivity index (χ0n) is 10.4. The molecule has 1 N–H and O–H groups in total. The van der Waals surface area contributed by atoms with E-state index >= 15 is 0 Å². The van der Waals surface area contributed by atoms with Crippen molar-refractivity contribution in [2.45, 2.75) is 13.5 Å². The Morgan fingerprint density at radius 3 is 2.78 bits per heavy atom. The van der Waals surface area contributed by atoms with Gasteiger partial charge in [-0.1, -0.05) is 6.07 Å². The third-order valence-electron chi connectivity index (χ3n) is 3.06. The number of aromatic nitrogens is 1. The maximum Gasteiger partial charge on any atom is 0.120 e. The van der Waals surface area contributed by atoms with Crippen LogP contribution in [0.3, 0.4) is 0 Å². The maximum absolute atomic E-state index is 8.99. The summed E-state index contributed by atoms with van der Waals surface area (Å²) < 4.78 is 3.13. The minimum Gasteiger partial charge on any atom is -0.381 e. The van der Waals surface area contributed by atoms with Crippen LogP contribution < -0.4 is 5.32 Å². The van der Waals surface area contributed by atoms with E-state index in [0.29, 0.717) is 5.69 Å². The number of rotatable bonds is 3. The van der Waals surface area contributed by atoms with E-state index in [4.69, 9.17) is 5.26 Å². The number of anilines is 1. The second kappa shape index (κ2) is 5.44.